The summed E-state index contributed by atoms with van der Waals surface area (Å²) in [6.45, 7) is 6.89. The van der Waals surface area contributed by atoms with Crippen LogP contribution in [0.2, 0.25) is 0 Å². The Hall–Kier alpha value is -2.50. The van der Waals surface area contributed by atoms with Crippen LogP contribution in [0.3, 0.4) is 0 Å². The molecule has 0 bridgehead atoms. The first kappa shape index (κ1) is 19.8. The van der Waals surface area contributed by atoms with Crippen molar-refractivity contribution >= 4 is 12.0 Å². The topological polar surface area (TPSA) is 76.7 Å². The lowest BCUT2D eigenvalue weighted by atomic mass is 9.95. The van der Waals surface area contributed by atoms with E-state index in [9.17, 15) is 9.59 Å². The number of ether oxygens (including phenoxy) is 2. The van der Waals surface area contributed by atoms with Gasteiger partial charge in [-0.2, -0.15) is 0 Å². The van der Waals surface area contributed by atoms with Crippen molar-refractivity contribution in [3.05, 3.63) is 41.1 Å². The summed E-state index contributed by atoms with van der Waals surface area (Å²) < 4.78 is 11.0. The molecule has 0 fully saturated rings. The average molecular weight is 360 g/mol. The van der Waals surface area contributed by atoms with Gasteiger partial charge in [-0.25, -0.2) is 9.59 Å². The van der Waals surface area contributed by atoms with Crippen LogP contribution in [0.25, 0.3) is 0 Å². The van der Waals surface area contributed by atoms with Gasteiger partial charge >= 0.3 is 12.0 Å². The maximum Gasteiger partial charge on any atom is 0.338 e. The second kappa shape index (κ2) is 9.85. The van der Waals surface area contributed by atoms with Crippen molar-refractivity contribution in [2.75, 3.05) is 13.2 Å². The normalized spacial score (nSPS) is 16.7. The van der Waals surface area contributed by atoms with Crippen LogP contribution < -0.4 is 15.4 Å². The maximum absolute atomic E-state index is 12.6. The van der Waals surface area contributed by atoms with Gasteiger partial charge in [-0.3, -0.25) is 0 Å². The minimum atomic E-state index is -0.539. The van der Waals surface area contributed by atoms with E-state index in [2.05, 4.69) is 17.6 Å². The molecule has 2 N–H and O–H groups in total. The molecule has 2 rings (SSSR count). The number of hydrogen-bond acceptors (Lipinski definition) is 4. The van der Waals surface area contributed by atoms with E-state index in [1.54, 1.807) is 6.92 Å². The Bertz CT molecular complexity index is 652. The van der Waals surface area contributed by atoms with Gasteiger partial charge in [0, 0.05) is 5.70 Å². The van der Waals surface area contributed by atoms with Gasteiger partial charge in [0.05, 0.1) is 24.8 Å². The quantitative estimate of drug-likeness (QED) is 0.518. The lowest BCUT2D eigenvalue weighted by molar-refractivity contribution is -0.139. The number of nitrogens with one attached hydrogen (secondary N) is 2. The smallest absolute Gasteiger partial charge is 0.338 e. The molecule has 0 aromatic heterocycles. The third-order valence-electron chi connectivity index (χ3n) is 4.16. The summed E-state index contributed by atoms with van der Waals surface area (Å²) in [5.41, 5.74) is 1.76. The number of carbonyl (C=O) groups is 2. The molecule has 142 valence electrons. The second-order valence-electron chi connectivity index (χ2n) is 6.33. The first-order valence-electron chi connectivity index (χ1n) is 9.25. The van der Waals surface area contributed by atoms with Gasteiger partial charge in [-0.1, -0.05) is 38.8 Å². The van der Waals surface area contributed by atoms with Crippen LogP contribution in [0.4, 0.5) is 4.79 Å². The summed E-state index contributed by atoms with van der Waals surface area (Å²) in [7, 11) is 0. The lowest BCUT2D eigenvalue weighted by Crippen LogP contribution is -2.45. The molecule has 1 aromatic rings. The van der Waals surface area contributed by atoms with Gasteiger partial charge in [0.25, 0.3) is 0 Å². The van der Waals surface area contributed by atoms with E-state index in [-0.39, 0.29) is 6.03 Å². The fraction of sp³-hybridized carbons (Fsp3) is 0.500. The molecule has 0 saturated heterocycles. The van der Waals surface area contributed by atoms with E-state index in [1.165, 1.54) is 0 Å². The van der Waals surface area contributed by atoms with Crippen LogP contribution in [0.15, 0.2) is 35.5 Å². The minimum Gasteiger partial charge on any atom is -0.494 e. The Labute approximate surface area is 154 Å². The summed E-state index contributed by atoms with van der Waals surface area (Å²) in [6.07, 6.45) is 3.85. The summed E-state index contributed by atoms with van der Waals surface area (Å²) >= 11 is 0. The molecule has 1 aromatic carbocycles. The van der Waals surface area contributed by atoms with Crippen LogP contribution in [0, 0.1) is 0 Å². The Morgan fingerprint density at radius 2 is 1.81 bits per heavy atom. The van der Waals surface area contributed by atoms with E-state index in [0.29, 0.717) is 24.5 Å². The molecule has 6 nitrogen and oxygen atoms in total. The van der Waals surface area contributed by atoms with Crippen LogP contribution in [-0.4, -0.2) is 25.2 Å². The van der Waals surface area contributed by atoms with E-state index in [4.69, 9.17) is 9.47 Å². The van der Waals surface area contributed by atoms with Crippen molar-refractivity contribution in [1.29, 1.82) is 0 Å². The zero-order valence-corrected chi connectivity index (χ0v) is 15.8. The van der Waals surface area contributed by atoms with E-state index < -0.39 is 12.0 Å². The largest absolute Gasteiger partial charge is 0.494 e. The Morgan fingerprint density at radius 3 is 2.46 bits per heavy atom. The molecule has 0 aliphatic carbocycles. The lowest BCUT2D eigenvalue weighted by Gasteiger charge is -2.28. The fourth-order valence-electron chi connectivity index (χ4n) is 2.79. The molecular weight excluding hydrogens is 332 g/mol. The number of unbranched alkanes of at least 4 members (excludes halogenated alkanes) is 2. The van der Waals surface area contributed by atoms with Gasteiger partial charge in [-0.15, -0.1) is 0 Å². The third kappa shape index (κ3) is 5.25. The number of urea groups is 1. The zero-order chi connectivity index (χ0) is 18.9. The molecule has 1 aliphatic rings. The van der Waals surface area contributed by atoms with Gasteiger partial charge in [0.1, 0.15) is 5.75 Å². The van der Waals surface area contributed by atoms with E-state index in [1.807, 2.05) is 31.2 Å². The number of benzene rings is 1. The fourth-order valence-corrected chi connectivity index (χ4v) is 2.79. The molecule has 0 unspecified atom stereocenters. The highest BCUT2D eigenvalue weighted by molar-refractivity contribution is 5.95. The molecule has 1 heterocycles. The van der Waals surface area contributed by atoms with Gasteiger partial charge in [-0.05, 0) is 37.5 Å². The predicted octanol–water partition coefficient (Wildman–Crippen LogP) is 3.84. The molecule has 0 radical (unpaired) electrons. The molecule has 2 amide bonds. The summed E-state index contributed by atoms with van der Waals surface area (Å²) in [4.78, 5) is 24.5. The molecule has 26 heavy (non-hydrogen) atoms. The highest BCUT2D eigenvalue weighted by Crippen LogP contribution is 2.29. The Morgan fingerprint density at radius 1 is 1.08 bits per heavy atom. The first-order chi connectivity index (χ1) is 12.6. The van der Waals surface area contributed by atoms with Crippen LogP contribution in [0.1, 0.15) is 58.1 Å². The summed E-state index contributed by atoms with van der Waals surface area (Å²) in [5.74, 6) is 0.364. The Balaban J connectivity index is 2.16. The SMILES string of the molecule is CCCCCOC(=O)C1=C(C)NC(=O)N[C@H]1c1ccc(OCCC)cc1. The van der Waals surface area contributed by atoms with E-state index in [0.717, 1.165) is 37.0 Å². The standard InChI is InChI=1S/C20H28N2O4/c1-4-6-7-13-26-19(23)17-14(3)21-20(24)22-18(17)15-8-10-16(11-9-15)25-12-5-2/h8-11,18H,4-7,12-13H2,1-3H3,(H2,21,22,24)/t18-/m0/s1. The maximum atomic E-state index is 12.6. The van der Waals surface area contributed by atoms with Gasteiger partial charge < -0.3 is 20.1 Å². The number of allylic oxidation sites excluding steroid dienone is 1. The summed E-state index contributed by atoms with van der Waals surface area (Å²) in [6, 6.07) is 6.54. The molecule has 6 heteroatoms. The molecule has 1 atom stereocenters. The third-order valence-corrected chi connectivity index (χ3v) is 4.16. The number of amides is 2. The van der Waals surface area contributed by atoms with Crippen LogP contribution in [-0.2, 0) is 9.53 Å². The number of carbonyl (C=O) groups excluding carboxylic acids is 2. The first-order valence-corrected chi connectivity index (χ1v) is 9.25. The van der Waals surface area contributed by atoms with Crippen LogP contribution >= 0.6 is 0 Å². The highest BCUT2D eigenvalue weighted by atomic mass is 16.5. The van der Waals surface area contributed by atoms with Crippen molar-refractivity contribution in [2.45, 2.75) is 52.5 Å². The average Bonchev–Trinajstić information content (AvgIpc) is 2.63. The molecular formula is C20H28N2O4. The van der Waals surface area contributed by atoms with E-state index >= 15 is 0 Å². The van der Waals surface area contributed by atoms with Crippen molar-refractivity contribution in [3.8, 4) is 5.75 Å². The van der Waals surface area contributed by atoms with Crippen molar-refractivity contribution in [3.63, 3.8) is 0 Å². The van der Waals surface area contributed by atoms with Crippen molar-refractivity contribution in [2.24, 2.45) is 0 Å². The van der Waals surface area contributed by atoms with Gasteiger partial charge in [0.2, 0.25) is 0 Å². The van der Waals surface area contributed by atoms with Gasteiger partial charge in [0.15, 0.2) is 0 Å². The zero-order valence-electron chi connectivity index (χ0n) is 15.8. The molecule has 0 spiro atoms. The minimum absolute atomic E-state index is 0.332. The second-order valence-corrected chi connectivity index (χ2v) is 6.33. The van der Waals surface area contributed by atoms with Crippen molar-refractivity contribution < 1.29 is 19.1 Å². The monoisotopic (exact) mass is 360 g/mol. The summed E-state index contributed by atoms with van der Waals surface area (Å²) in [5, 5.41) is 5.46. The number of hydrogen-bond donors (Lipinski definition) is 2. The highest BCUT2D eigenvalue weighted by Gasteiger charge is 2.32. The molecule has 1 aliphatic heterocycles. The molecule has 0 saturated carbocycles. The number of rotatable bonds is 9. The Kier molecular flexibility index (Phi) is 7.51. The predicted molar refractivity (Wildman–Crippen MR) is 99.8 cm³/mol. The number of esters is 1. The van der Waals surface area contributed by atoms with Crippen LogP contribution in [0.5, 0.6) is 5.75 Å². The van der Waals surface area contributed by atoms with Crippen molar-refractivity contribution in [1.82, 2.24) is 10.6 Å².